The van der Waals surface area contributed by atoms with Gasteiger partial charge in [0.05, 0.1) is 12.7 Å². The van der Waals surface area contributed by atoms with E-state index in [4.69, 9.17) is 4.42 Å². The van der Waals surface area contributed by atoms with Crippen molar-refractivity contribution in [2.75, 3.05) is 7.11 Å². The van der Waals surface area contributed by atoms with Gasteiger partial charge >= 0.3 is 12.1 Å². The van der Waals surface area contributed by atoms with Crippen LogP contribution in [0.5, 0.6) is 0 Å². The molecule has 0 unspecified atom stereocenters. The Kier molecular flexibility index (Phi) is 3.80. The van der Waals surface area contributed by atoms with Gasteiger partial charge in [0.25, 0.3) is 0 Å². The zero-order valence-corrected chi connectivity index (χ0v) is 11.7. The smallest absolute Gasteiger partial charge is 0.416 e. The Morgan fingerprint density at radius 3 is 2.19 bits per heavy atom. The fourth-order valence-electron chi connectivity index (χ4n) is 2.14. The highest BCUT2D eigenvalue weighted by Crippen LogP contribution is 2.34. The van der Waals surface area contributed by atoms with Crippen LogP contribution in [0.3, 0.4) is 0 Å². The van der Waals surface area contributed by atoms with Crippen molar-refractivity contribution in [2.24, 2.45) is 0 Å². The first-order valence-corrected chi connectivity index (χ1v) is 6.11. The van der Waals surface area contributed by atoms with E-state index in [0.29, 0.717) is 28.2 Å². The SMILES string of the molecule is COC(=O)c1c(C)oc(-c2ccc(C(F)(F)F)cc2)c1C. The molecule has 2 aromatic rings. The van der Waals surface area contributed by atoms with Crippen LogP contribution in [0.4, 0.5) is 13.2 Å². The molecule has 1 heterocycles. The summed E-state index contributed by atoms with van der Waals surface area (Å²) in [4.78, 5) is 11.7. The van der Waals surface area contributed by atoms with E-state index in [1.165, 1.54) is 19.2 Å². The van der Waals surface area contributed by atoms with Gasteiger partial charge in [-0.15, -0.1) is 0 Å². The number of esters is 1. The van der Waals surface area contributed by atoms with E-state index in [1.807, 2.05) is 0 Å². The lowest BCUT2D eigenvalue weighted by atomic mass is 10.0. The van der Waals surface area contributed by atoms with E-state index in [-0.39, 0.29) is 0 Å². The standard InChI is InChI=1S/C15H13F3O3/c1-8-12(14(19)20-3)9(2)21-13(8)10-4-6-11(7-5-10)15(16,17)18/h4-7H,1-3H3. The average molecular weight is 298 g/mol. The zero-order chi connectivity index (χ0) is 15.8. The van der Waals surface area contributed by atoms with E-state index in [2.05, 4.69) is 4.74 Å². The van der Waals surface area contributed by atoms with Gasteiger partial charge < -0.3 is 9.15 Å². The lowest BCUT2D eigenvalue weighted by Crippen LogP contribution is -2.04. The zero-order valence-electron chi connectivity index (χ0n) is 11.7. The molecule has 0 saturated heterocycles. The molecule has 112 valence electrons. The highest BCUT2D eigenvalue weighted by atomic mass is 19.4. The summed E-state index contributed by atoms with van der Waals surface area (Å²) < 4.78 is 47.8. The number of hydrogen-bond donors (Lipinski definition) is 0. The molecule has 0 spiro atoms. The molecule has 2 rings (SSSR count). The summed E-state index contributed by atoms with van der Waals surface area (Å²) in [5, 5.41) is 0. The molecule has 0 atom stereocenters. The molecule has 0 fully saturated rings. The number of ether oxygens (including phenoxy) is 1. The molecule has 0 aliphatic heterocycles. The molecule has 6 heteroatoms. The number of aryl methyl sites for hydroxylation is 1. The van der Waals surface area contributed by atoms with E-state index in [0.717, 1.165) is 12.1 Å². The molecular weight excluding hydrogens is 285 g/mol. The summed E-state index contributed by atoms with van der Waals surface area (Å²) in [6, 6.07) is 4.58. The first-order valence-electron chi connectivity index (χ1n) is 6.11. The maximum atomic E-state index is 12.5. The molecule has 0 amide bonds. The predicted molar refractivity (Wildman–Crippen MR) is 70.0 cm³/mol. The van der Waals surface area contributed by atoms with Crippen molar-refractivity contribution in [3.63, 3.8) is 0 Å². The van der Waals surface area contributed by atoms with E-state index in [9.17, 15) is 18.0 Å². The van der Waals surface area contributed by atoms with Gasteiger partial charge in [0, 0.05) is 11.1 Å². The minimum absolute atomic E-state index is 0.299. The van der Waals surface area contributed by atoms with Crippen LogP contribution in [0.1, 0.15) is 27.2 Å². The highest BCUT2D eigenvalue weighted by molar-refractivity contribution is 5.94. The number of carbonyl (C=O) groups excluding carboxylic acids is 1. The third-order valence-corrected chi connectivity index (χ3v) is 3.19. The maximum absolute atomic E-state index is 12.5. The Balaban J connectivity index is 2.46. The Morgan fingerprint density at radius 1 is 1.14 bits per heavy atom. The van der Waals surface area contributed by atoms with Crippen LogP contribution in [-0.4, -0.2) is 13.1 Å². The summed E-state index contributed by atoms with van der Waals surface area (Å²) in [5.74, 6) is 0.197. The number of rotatable bonds is 2. The Labute approximate surface area is 119 Å². The van der Waals surface area contributed by atoms with Crippen molar-refractivity contribution in [2.45, 2.75) is 20.0 Å². The molecule has 1 aromatic carbocycles. The molecule has 0 N–H and O–H groups in total. The van der Waals surface area contributed by atoms with Gasteiger partial charge in [0.2, 0.25) is 0 Å². The van der Waals surface area contributed by atoms with Crippen LogP contribution in [0.2, 0.25) is 0 Å². The summed E-state index contributed by atoms with van der Waals surface area (Å²) in [7, 11) is 1.26. The maximum Gasteiger partial charge on any atom is 0.416 e. The lowest BCUT2D eigenvalue weighted by Gasteiger charge is -2.07. The van der Waals surface area contributed by atoms with E-state index >= 15 is 0 Å². The third-order valence-electron chi connectivity index (χ3n) is 3.19. The van der Waals surface area contributed by atoms with Crippen molar-refractivity contribution < 1.29 is 27.1 Å². The van der Waals surface area contributed by atoms with Gasteiger partial charge in [-0.2, -0.15) is 13.2 Å². The van der Waals surface area contributed by atoms with Crippen molar-refractivity contribution in [1.29, 1.82) is 0 Å². The topological polar surface area (TPSA) is 39.4 Å². The fraction of sp³-hybridized carbons (Fsp3) is 0.267. The second kappa shape index (κ2) is 5.27. The first-order chi connectivity index (χ1) is 9.75. The summed E-state index contributed by atoms with van der Waals surface area (Å²) in [5.41, 5.74) is 0.575. The molecule has 21 heavy (non-hydrogen) atoms. The Bertz CT molecular complexity index is 667. The number of hydrogen-bond acceptors (Lipinski definition) is 3. The van der Waals surface area contributed by atoms with E-state index < -0.39 is 17.7 Å². The molecule has 1 aromatic heterocycles. The van der Waals surface area contributed by atoms with Gasteiger partial charge in [-0.3, -0.25) is 0 Å². The van der Waals surface area contributed by atoms with Crippen LogP contribution in [-0.2, 0) is 10.9 Å². The predicted octanol–water partition coefficient (Wildman–Crippen LogP) is 4.37. The lowest BCUT2D eigenvalue weighted by molar-refractivity contribution is -0.137. The number of methoxy groups -OCH3 is 1. The van der Waals surface area contributed by atoms with Gasteiger partial charge in [-0.05, 0) is 26.0 Å². The van der Waals surface area contributed by atoms with Crippen LogP contribution in [0.25, 0.3) is 11.3 Å². The minimum atomic E-state index is -4.39. The van der Waals surface area contributed by atoms with Gasteiger partial charge in [0.15, 0.2) is 0 Å². The Hall–Kier alpha value is -2.24. The summed E-state index contributed by atoms with van der Waals surface area (Å²) in [6.45, 7) is 3.27. The molecule has 0 bridgehead atoms. The largest absolute Gasteiger partial charge is 0.465 e. The average Bonchev–Trinajstić information content (AvgIpc) is 2.72. The monoisotopic (exact) mass is 298 g/mol. The van der Waals surface area contributed by atoms with Crippen LogP contribution in [0, 0.1) is 13.8 Å². The number of benzene rings is 1. The molecule has 3 nitrogen and oxygen atoms in total. The van der Waals surface area contributed by atoms with Gasteiger partial charge in [-0.1, -0.05) is 12.1 Å². The van der Waals surface area contributed by atoms with Crippen molar-refractivity contribution >= 4 is 5.97 Å². The summed E-state index contributed by atoms with van der Waals surface area (Å²) >= 11 is 0. The molecule has 0 aliphatic carbocycles. The van der Waals surface area contributed by atoms with Gasteiger partial charge in [-0.25, -0.2) is 4.79 Å². The van der Waals surface area contributed by atoms with E-state index in [1.54, 1.807) is 13.8 Å². The quantitative estimate of drug-likeness (QED) is 0.773. The van der Waals surface area contributed by atoms with Crippen LogP contribution >= 0.6 is 0 Å². The number of halogens is 3. The molecule has 0 radical (unpaired) electrons. The van der Waals surface area contributed by atoms with Gasteiger partial charge in [0.1, 0.15) is 17.1 Å². The second-order valence-corrected chi connectivity index (χ2v) is 4.55. The first kappa shape index (κ1) is 15.2. The normalized spacial score (nSPS) is 11.5. The number of furan rings is 1. The fourth-order valence-corrected chi connectivity index (χ4v) is 2.14. The van der Waals surface area contributed by atoms with Crippen molar-refractivity contribution in [3.8, 4) is 11.3 Å². The minimum Gasteiger partial charge on any atom is -0.465 e. The Morgan fingerprint density at radius 2 is 1.71 bits per heavy atom. The molecule has 0 aliphatic rings. The van der Waals surface area contributed by atoms with Crippen LogP contribution in [0.15, 0.2) is 28.7 Å². The van der Waals surface area contributed by atoms with Crippen molar-refractivity contribution in [3.05, 3.63) is 46.7 Å². The summed E-state index contributed by atoms with van der Waals surface area (Å²) in [6.07, 6.45) is -4.39. The van der Waals surface area contributed by atoms with Crippen LogP contribution < -0.4 is 0 Å². The highest BCUT2D eigenvalue weighted by Gasteiger charge is 2.30. The second-order valence-electron chi connectivity index (χ2n) is 4.55. The molecular formula is C15H13F3O3. The third kappa shape index (κ3) is 2.79. The number of carbonyl (C=O) groups is 1. The number of alkyl halides is 3. The van der Waals surface area contributed by atoms with Crippen molar-refractivity contribution in [1.82, 2.24) is 0 Å². The molecule has 0 saturated carbocycles.